The molecule has 1 aromatic rings. The second-order valence-corrected chi connectivity index (χ2v) is 6.55. The molecule has 1 heterocycles. The van der Waals surface area contributed by atoms with Crippen LogP contribution < -0.4 is 20.1 Å². The van der Waals surface area contributed by atoms with Gasteiger partial charge in [-0.2, -0.15) is 5.26 Å². The summed E-state index contributed by atoms with van der Waals surface area (Å²) < 4.78 is 15.2. The van der Waals surface area contributed by atoms with Gasteiger partial charge in [0.05, 0.1) is 6.07 Å². The highest BCUT2D eigenvalue weighted by atomic mass is 16.7. The predicted octanol–water partition coefficient (Wildman–Crippen LogP) is 0.497. The fourth-order valence-corrected chi connectivity index (χ4v) is 2.70. The molecule has 0 unspecified atom stereocenters. The molecule has 142 valence electrons. The first-order valence-electron chi connectivity index (χ1n) is 8.47. The Morgan fingerprint density at radius 3 is 2.74 bits per heavy atom. The van der Waals surface area contributed by atoms with Crippen molar-refractivity contribution in [1.82, 2.24) is 10.6 Å². The van der Waals surface area contributed by atoms with Gasteiger partial charge in [-0.3, -0.25) is 14.4 Å². The smallest absolute Gasteiger partial charge is 0.325 e. The van der Waals surface area contributed by atoms with Crippen molar-refractivity contribution >= 4 is 17.8 Å². The van der Waals surface area contributed by atoms with Gasteiger partial charge >= 0.3 is 5.97 Å². The molecule has 9 nitrogen and oxygen atoms in total. The second-order valence-electron chi connectivity index (χ2n) is 6.55. The zero-order chi connectivity index (χ0) is 19.4. The summed E-state index contributed by atoms with van der Waals surface area (Å²) in [6, 6.07) is 6.74. The number of nitrogens with zero attached hydrogens (tertiary/aromatic N) is 1. The Labute approximate surface area is 155 Å². The van der Waals surface area contributed by atoms with Gasteiger partial charge in [-0.1, -0.05) is 0 Å². The van der Waals surface area contributed by atoms with Crippen molar-refractivity contribution in [2.24, 2.45) is 5.92 Å². The number of ether oxygens (including phenoxy) is 3. The molecule has 1 aromatic carbocycles. The Morgan fingerprint density at radius 1 is 1.30 bits per heavy atom. The first kappa shape index (κ1) is 18.5. The van der Waals surface area contributed by atoms with Crippen molar-refractivity contribution in [3.8, 4) is 17.6 Å². The molecule has 3 rings (SSSR count). The molecular weight excluding hydrogens is 354 g/mol. The highest BCUT2D eigenvalue weighted by Crippen LogP contribution is 2.39. The largest absolute Gasteiger partial charge is 0.454 e. The lowest BCUT2D eigenvalue weighted by molar-refractivity contribution is -0.147. The average Bonchev–Trinajstić information content (AvgIpc) is 3.42. The van der Waals surface area contributed by atoms with Gasteiger partial charge in [0.2, 0.25) is 6.79 Å². The van der Waals surface area contributed by atoms with Crippen LogP contribution in [-0.4, -0.2) is 43.3 Å². The molecule has 0 aromatic heterocycles. The van der Waals surface area contributed by atoms with Crippen molar-refractivity contribution < 1.29 is 28.6 Å². The summed E-state index contributed by atoms with van der Waals surface area (Å²) in [5.41, 5.74) is -0.643. The summed E-state index contributed by atoms with van der Waals surface area (Å²) in [6.45, 7) is 0.845. The third-order valence-electron chi connectivity index (χ3n) is 4.42. The molecule has 1 aliphatic heterocycles. The zero-order valence-electron chi connectivity index (χ0n) is 14.7. The Kier molecular flexibility index (Phi) is 5.16. The van der Waals surface area contributed by atoms with Crippen LogP contribution in [0.4, 0.5) is 0 Å². The van der Waals surface area contributed by atoms with Gasteiger partial charge in [-0.25, -0.2) is 0 Å². The summed E-state index contributed by atoms with van der Waals surface area (Å²) in [6.07, 6.45) is 1.77. The molecule has 1 atom stereocenters. The Morgan fingerprint density at radius 2 is 2.04 bits per heavy atom. The number of nitrogens with one attached hydrogen (secondary N) is 2. The van der Waals surface area contributed by atoms with Crippen LogP contribution in [0, 0.1) is 17.2 Å². The third kappa shape index (κ3) is 4.47. The maximum Gasteiger partial charge on any atom is 0.325 e. The fourth-order valence-electron chi connectivity index (χ4n) is 2.70. The number of hydrogen-bond donors (Lipinski definition) is 2. The van der Waals surface area contributed by atoms with E-state index in [4.69, 9.17) is 14.2 Å². The van der Waals surface area contributed by atoms with Crippen LogP contribution in [0.2, 0.25) is 0 Å². The first-order valence-corrected chi connectivity index (χ1v) is 8.47. The number of benzene rings is 1. The molecule has 2 amide bonds. The van der Waals surface area contributed by atoms with E-state index in [1.54, 1.807) is 19.1 Å². The number of carbonyl (C=O) groups is 3. The maximum atomic E-state index is 12.1. The van der Waals surface area contributed by atoms with Crippen LogP contribution >= 0.6 is 0 Å². The van der Waals surface area contributed by atoms with Gasteiger partial charge in [0.25, 0.3) is 11.8 Å². The number of amides is 2. The van der Waals surface area contributed by atoms with Crippen molar-refractivity contribution in [3.63, 3.8) is 0 Å². The number of esters is 1. The highest BCUT2D eigenvalue weighted by Gasteiger charge is 2.43. The molecule has 0 spiro atoms. The van der Waals surface area contributed by atoms with E-state index in [2.05, 4.69) is 16.7 Å². The molecule has 1 fully saturated rings. The lowest BCUT2D eigenvalue weighted by Crippen LogP contribution is -2.48. The molecule has 0 saturated heterocycles. The maximum absolute atomic E-state index is 12.1. The number of carbonyl (C=O) groups excluding carboxylic acids is 3. The van der Waals surface area contributed by atoms with Crippen molar-refractivity contribution in [3.05, 3.63) is 23.8 Å². The van der Waals surface area contributed by atoms with Gasteiger partial charge in [-0.05, 0) is 43.9 Å². The molecule has 1 saturated carbocycles. The molecule has 2 N–H and O–H groups in total. The number of hydrogen-bond acceptors (Lipinski definition) is 7. The van der Waals surface area contributed by atoms with E-state index >= 15 is 0 Å². The van der Waals surface area contributed by atoms with E-state index in [1.807, 2.05) is 0 Å². The van der Waals surface area contributed by atoms with Crippen molar-refractivity contribution in [1.29, 1.82) is 5.26 Å². The SMILES string of the molecule is C[C@@](C#N)(NC(=O)COC(=O)CNC(=O)c1ccc2c(c1)OCO2)C1CC1. The van der Waals surface area contributed by atoms with Gasteiger partial charge in [-0.15, -0.1) is 0 Å². The monoisotopic (exact) mass is 373 g/mol. The summed E-state index contributed by atoms with van der Waals surface area (Å²) in [5, 5.41) is 14.2. The van der Waals surface area contributed by atoms with E-state index in [0.717, 1.165) is 12.8 Å². The van der Waals surface area contributed by atoms with E-state index in [9.17, 15) is 19.6 Å². The van der Waals surface area contributed by atoms with Crippen LogP contribution in [0.1, 0.15) is 30.1 Å². The molecular formula is C18H19N3O6. The Balaban J connectivity index is 1.41. The van der Waals surface area contributed by atoms with Crippen LogP contribution in [-0.2, 0) is 14.3 Å². The minimum atomic E-state index is -0.947. The van der Waals surface area contributed by atoms with Crippen LogP contribution in [0.25, 0.3) is 0 Å². The minimum absolute atomic E-state index is 0.0976. The van der Waals surface area contributed by atoms with Gasteiger partial charge in [0, 0.05) is 5.56 Å². The summed E-state index contributed by atoms with van der Waals surface area (Å²) in [7, 11) is 0. The second kappa shape index (κ2) is 7.53. The van der Waals surface area contributed by atoms with Gasteiger partial charge in [0.15, 0.2) is 18.1 Å². The minimum Gasteiger partial charge on any atom is -0.454 e. The molecule has 2 aliphatic rings. The number of nitriles is 1. The van der Waals surface area contributed by atoms with Gasteiger partial charge < -0.3 is 24.8 Å². The summed E-state index contributed by atoms with van der Waals surface area (Å²) >= 11 is 0. The Bertz CT molecular complexity index is 814. The quantitative estimate of drug-likeness (QED) is 0.666. The Hall–Kier alpha value is -3.28. The summed E-state index contributed by atoms with van der Waals surface area (Å²) in [4.78, 5) is 35.7. The van der Waals surface area contributed by atoms with E-state index in [0.29, 0.717) is 17.1 Å². The first-order chi connectivity index (χ1) is 12.9. The summed E-state index contributed by atoms with van der Waals surface area (Å²) in [5.74, 6) is -0.667. The normalized spacial score (nSPS) is 16.6. The van der Waals surface area contributed by atoms with E-state index < -0.39 is 36.5 Å². The van der Waals surface area contributed by atoms with Crippen LogP contribution in [0.5, 0.6) is 11.5 Å². The molecule has 27 heavy (non-hydrogen) atoms. The van der Waals surface area contributed by atoms with Crippen molar-refractivity contribution in [2.75, 3.05) is 19.9 Å². The van der Waals surface area contributed by atoms with E-state index in [-0.39, 0.29) is 12.7 Å². The van der Waals surface area contributed by atoms with Gasteiger partial charge in [0.1, 0.15) is 12.1 Å². The van der Waals surface area contributed by atoms with Crippen LogP contribution in [0.3, 0.4) is 0 Å². The third-order valence-corrected chi connectivity index (χ3v) is 4.42. The molecule has 9 heteroatoms. The van der Waals surface area contributed by atoms with Crippen LogP contribution in [0.15, 0.2) is 18.2 Å². The zero-order valence-corrected chi connectivity index (χ0v) is 14.7. The highest BCUT2D eigenvalue weighted by molar-refractivity contribution is 5.96. The molecule has 0 bridgehead atoms. The average molecular weight is 373 g/mol. The lowest BCUT2D eigenvalue weighted by Gasteiger charge is -2.22. The van der Waals surface area contributed by atoms with E-state index in [1.165, 1.54) is 6.07 Å². The predicted molar refractivity (Wildman–Crippen MR) is 90.7 cm³/mol. The fraction of sp³-hybridized carbons (Fsp3) is 0.444. The number of rotatable bonds is 7. The molecule has 0 radical (unpaired) electrons. The topological polar surface area (TPSA) is 127 Å². The standard InChI is InChI=1S/C18H19N3O6/c1-18(9-19,12-3-4-12)21-15(22)8-25-16(23)7-20-17(24)11-2-5-13-14(6-11)27-10-26-13/h2,5-6,12H,3-4,7-8,10H2,1H3,(H,20,24)(H,21,22)/t18-/m0/s1. The lowest BCUT2D eigenvalue weighted by atomic mass is 9.98. The molecule has 1 aliphatic carbocycles. The number of fused-ring (bicyclic) bond motifs is 1. The van der Waals surface area contributed by atoms with Crippen molar-refractivity contribution in [2.45, 2.75) is 25.3 Å².